The molecule has 0 aromatic heterocycles. The van der Waals surface area contributed by atoms with Gasteiger partial charge in [-0.3, -0.25) is 0 Å². The lowest BCUT2D eigenvalue weighted by Gasteiger charge is -2.37. The first-order valence-corrected chi connectivity index (χ1v) is 5.03. The summed E-state index contributed by atoms with van der Waals surface area (Å²) in [7, 11) is 0. The minimum absolute atomic E-state index is 0.235. The lowest BCUT2D eigenvalue weighted by Crippen LogP contribution is -2.49. The molecule has 0 aliphatic heterocycles. The summed E-state index contributed by atoms with van der Waals surface area (Å²) in [5, 5.41) is 11.2. The highest BCUT2D eigenvalue weighted by atomic mass is 16.4. The van der Waals surface area contributed by atoms with Crippen LogP contribution in [0, 0.1) is 17.8 Å². The molecule has 0 rings (SSSR count). The topological polar surface area (TPSA) is 49.3 Å². The number of carbonyl (C=O) groups is 1. The fourth-order valence-corrected chi connectivity index (χ4v) is 1.45. The van der Waals surface area contributed by atoms with Crippen LogP contribution in [0.1, 0.15) is 41.5 Å². The molecule has 0 aromatic carbocycles. The number of nitrogens with one attached hydrogen (secondary N) is 1. The molecule has 1 amide bonds. The Kier molecular flexibility index (Phi) is 4.43. The van der Waals surface area contributed by atoms with Crippen molar-refractivity contribution in [2.45, 2.75) is 47.1 Å². The van der Waals surface area contributed by atoms with Crippen LogP contribution < -0.4 is 5.32 Å². The Morgan fingerprint density at radius 1 is 1.29 bits per heavy atom. The lowest BCUT2D eigenvalue weighted by molar-refractivity contribution is 0.170. The van der Waals surface area contributed by atoms with E-state index < -0.39 is 11.6 Å². The maximum atomic E-state index is 10.6. The van der Waals surface area contributed by atoms with E-state index in [4.69, 9.17) is 5.11 Å². The second-order valence-electron chi connectivity index (χ2n) is 4.77. The highest BCUT2D eigenvalue weighted by Crippen LogP contribution is 2.30. The maximum absolute atomic E-state index is 10.6. The Morgan fingerprint density at radius 3 is 2.00 bits per heavy atom. The Bertz CT molecular complexity index is 199. The molecule has 0 aromatic rings. The van der Waals surface area contributed by atoms with Crippen LogP contribution in [0.3, 0.4) is 0 Å². The van der Waals surface area contributed by atoms with Gasteiger partial charge in [0.2, 0.25) is 0 Å². The van der Waals surface area contributed by atoms with E-state index in [9.17, 15) is 4.79 Å². The first kappa shape index (κ1) is 13.3. The van der Waals surface area contributed by atoms with Gasteiger partial charge in [-0.15, -0.1) is 0 Å². The van der Waals surface area contributed by atoms with Crippen LogP contribution in [0.5, 0.6) is 0 Å². The van der Waals surface area contributed by atoms with Gasteiger partial charge in [-0.1, -0.05) is 27.7 Å². The number of carboxylic acid groups (broad SMARTS) is 1. The zero-order valence-electron chi connectivity index (χ0n) is 10.0. The zero-order valence-corrected chi connectivity index (χ0v) is 10.0. The van der Waals surface area contributed by atoms with E-state index in [-0.39, 0.29) is 5.92 Å². The van der Waals surface area contributed by atoms with Crippen molar-refractivity contribution in [1.82, 2.24) is 5.32 Å². The summed E-state index contributed by atoms with van der Waals surface area (Å²) in [4.78, 5) is 10.6. The zero-order chi connectivity index (χ0) is 11.5. The molecule has 3 nitrogen and oxygen atoms in total. The third-order valence-corrected chi connectivity index (χ3v) is 3.11. The van der Waals surface area contributed by atoms with Gasteiger partial charge in [0.15, 0.2) is 0 Å². The van der Waals surface area contributed by atoms with Crippen molar-refractivity contribution < 1.29 is 9.90 Å². The molecule has 1 radical (unpaired) electrons. The Hall–Kier alpha value is -0.730. The quantitative estimate of drug-likeness (QED) is 0.733. The smallest absolute Gasteiger partial charge is 0.405 e. The van der Waals surface area contributed by atoms with E-state index in [1.54, 1.807) is 0 Å². The molecule has 83 valence electrons. The summed E-state index contributed by atoms with van der Waals surface area (Å²) in [6, 6.07) is 0. The Labute approximate surface area is 86.9 Å². The molecule has 0 saturated heterocycles. The molecule has 2 N–H and O–H groups in total. The summed E-state index contributed by atoms with van der Waals surface area (Å²) in [5.41, 5.74) is -0.403. The summed E-state index contributed by atoms with van der Waals surface area (Å²) in [6.07, 6.45) is -0.960. The van der Waals surface area contributed by atoms with Crippen LogP contribution in [0.15, 0.2) is 0 Å². The number of amides is 1. The average Bonchev–Trinajstić information content (AvgIpc) is 1.99. The predicted octanol–water partition coefficient (Wildman–Crippen LogP) is 2.92. The van der Waals surface area contributed by atoms with Gasteiger partial charge >= 0.3 is 6.09 Å². The molecule has 0 heterocycles. The van der Waals surface area contributed by atoms with Crippen molar-refractivity contribution in [3.63, 3.8) is 0 Å². The first-order chi connectivity index (χ1) is 6.18. The SMILES string of the molecule is C[C](C(C)C)C(C)C(C)(C)NC(=O)O. The van der Waals surface area contributed by atoms with E-state index >= 15 is 0 Å². The van der Waals surface area contributed by atoms with Gasteiger partial charge in [0.25, 0.3) is 0 Å². The van der Waals surface area contributed by atoms with Gasteiger partial charge < -0.3 is 10.4 Å². The summed E-state index contributed by atoms with van der Waals surface area (Å²) < 4.78 is 0. The van der Waals surface area contributed by atoms with Crippen LogP contribution in [-0.4, -0.2) is 16.7 Å². The largest absolute Gasteiger partial charge is 0.465 e. The van der Waals surface area contributed by atoms with E-state index in [2.05, 4.69) is 33.0 Å². The molecular weight excluding hydrogens is 178 g/mol. The fourth-order valence-electron chi connectivity index (χ4n) is 1.45. The number of hydrogen-bond donors (Lipinski definition) is 2. The molecule has 0 spiro atoms. The normalized spacial score (nSPS) is 14.6. The van der Waals surface area contributed by atoms with Gasteiger partial charge in [0.05, 0.1) is 0 Å². The Balaban J connectivity index is 4.48. The van der Waals surface area contributed by atoms with Crippen molar-refractivity contribution in [1.29, 1.82) is 0 Å². The number of hydrogen-bond acceptors (Lipinski definition) is 1. The lowest BCUT2D eigenvalue weighted by atomic mass is 9.75. The minimum Gasteiger partial charge on any atom is -0.465 e. The Morgan fingerprint density at radius 2 is 1.71 bits per heavy atom. The molecule has 0 aliphatic carbocycles. The van der Waals surface area contributed by atoms with E-state index in [0.29, 0.717) is 5.92 Å². The van der Waals surface area contributed by atoms with Crippen LogP contribution in [0.25, 0.3) is 0 Å². The molecule has 14 heavy (non-hydrogen) atoms. The van der Waals surface area contributed by atoms with Crippen molar-refractivity contribution in [2.75, 3.05) is 0 Å². The van der Waals surface area contributed by atoms with Gasteiger partial charge in [-0.05, 0) is 31.6 Å². The summed E-state index contributed by atoms with van der Waals surface area (Å²) >= 11 is 0. The standard InChI is InChI=1S/C11H22NO2/c1-7(2)8(3)9(4)11(5,6)12-10(13)14/h7,9,12H,1-6H3,(H,13,14). The molecule has 0 fully saturated rings. The third-order valence-electron chi connectivity index (χ3n) is 3.11. The van der Waals surface area contributed by atoms with Gasteiger partial charge in [-0.25, -0.2) is 4.79 Å². The highest BCUT2D eigenvalue weighted by molar-refractivity contribution is 5.65. The van der Waals surface area contributed by atoms with Crippen LogP contribution in [-0.2, 0) is 0 Å². The monoisotopic (exact) mass is 200 g/mol. The number of rotatable bonds is 4. The predicted molar refractivity (Wildman–Crippen MR) is 58.2 cm³/mol. The van der Waals surface area contributed by atoms with Gasteiger partial charge in [0.1, 0.15) is 0 Å². The molecule has 3 heteroatoms. The summed E-state index contributed by atoms with van der Waals surface area (Å²) in [5.74, 6) is 2.04. The maximum Gasteiger partial charge on any atom is 0.405 e. The molecule has 0 aliphatic rings. The third kappa shape index (κ3) is 3.56. The molecule has 0 bridgehead atoms. The van der Waals surface area contributed by atoms with Crippen LogP contribution in [0.4, 0.5) is 4.79 Å². The van der Waals surface area contributed by atoms with E-state index in [1.165, 1.54) is 5.92 Å². The molecule has 1 unspecified atom stereocenters. The van der Waals surface area contributed by atoms with Gasteiger partial charge in [-0.2, -0.15) is 0 Å². The van der Waals surface area contributed by atoms with Crippen molar-refractivity contribution in [3.05, 3.63) is 5.92 Å². The minimum atomic E-state index is -0.960. The van der Waals surface area contributed by atoms with Crippen molar-refractivity contribution in [3.8, 4) is 0 Å². The van der Waals surface area contributed by atoms with Crippen LogP contribution in [0.2, 0.25) is 0 Å². The molecule has 0 saturated carbocycles. The summed E-state index contributed by atoms with van der Waals surface area (Å²) in [6.45, 7) is 12.2. The fraction of sp³-hybridized carbons (Fsp3) is 0.818. The van der Waals surface area contributed by atoms with Gasteiger partial charge in [0, 0.05) is 5.54 Å². The van der Waals surface area contributed by atoms with Crippen molar-refractivity contribution in [2.24, 2.45) is 11.8 Å². The molecule has 1 atom stereocenters. The average molecular weight is 200 g/mol. The second-order valence-corrected chi connectivity index (χ2v) is 4.77. The molecular formula is C11H22NO2. The highest BCUT2D eigenvalue weighted by Gasteiger charge is 2.32. The van der Waals surface area contributed by atoms with Crippen LogP contribution >= 0.6 is 0 Å². The van der Waals surface area contributed by atoms with E-state index in [1.807, 2.05) is 13.8 Å². The second kappa shape index (κ2) is 4.67. The van der Waals surface area contributed by atoms with E-state index in [0.717, 1.165) is 0 Å². The first-order valence-electron chi connectivity index (χ1n) is 5.03. The van der Waals surface area contributed by atoms with Crippen molar-refractivity contribution >= 4 is 6.09 Å².